The summed E-state index contributed by atoms with van der Waals surface area (Å²) in [5.74, 6) is 0.0344. The average molecular weight is 478 g/mol. The molecular formula is C20H18BrClN4OS. The predicted octanol–water partition coefficient (Wildman–Crippen LogP) is 4.58. The fraction of sp³-hybridized carbons (Fsp3) is 0.250. The summed E-state index contributed by atoms with van der Waals surface area (Å²) in [5.41, 5.74) is 2.76. The number of aromatic nitrogens is 2. The molecule has 0 radical (unpaired) electrons. The SMILES string of the molecule is O=C(c1cncc(Br)c1)N1CCN(Cc2csc(-c3ccc(Cl)cc3)n2)CC1. The molecule has 0 unspecified atom stereocenters. The largest absolute Gasteiger partial charge is 0.336 e. The van der Waals surface area contributed by atoms with Crippen LogP contribution in [0.4, 0.5) is 0 Å². The minimum absolute atomic E-state index is 0.0344. The van der Waals surface area contributed by atoms with E-state index in [0.717, 1.165) is 45.4 Å². The molecule has 0 saturated carbocycles. The number of thiazole rings is 1. The maximum absolute atomic E-state index is 12.6. The molecular weight excluding hydrogens is 460 g/mol. The number of pyridine rings is 1. The molecule has 1 aromatic carbocycles. The van der Waals surface area contributed by atoms with Gasteiger partial charge in [0.25, 0.3) is 5.91 Å². The molecule has 3 heterocycles. The molecule has 1 aliphatic heterocycles. The summed E-state index contributed by atoms with van der Waals surface area (Å²) in [6.45, 7) is 3.88. The van der Waals surface area contributed by atoms with Gasteiger partial charge in [-0.2, -0.15) is 0 Å². The van der Waals surface area contributed by atoms with E-state index in [-0.39, 0.29) is 5.91 Å². The number of nitrogens with zero attached hydrogens (tertiary/aromatic N) is 4. The van der Waals surface area contributed by atoms with E-state index in [1.165, 1.54) is 0 Å². The van der Waals surface area contributed by atoms with Crippen LogP contribution >= 0.6 is 38.9 Å². The fourth-order valence-corrected chi connectivity index (χ4v) is 4.46. The van der Waals surface area contributed by atoms with Gasteiger partial charge in [0, 0.05) is 65.6 Å². The highest BCUT2D eigenvalue weighted by Gasteiger charge is 2.23. The van der Waals surface area contributed by atoms with Crippen LogP contribution in [0.3, 0.4) is 0 Å². The van der Waals surface area contributed by atoms with Crippen molar-refractivity contribution in [3.05, 3.63) is 68.9 Å². The maximum atomic E-state index is 12.6. The van der Waals surface area contributed by atoms with E-state index in [4.69, 9.17) is 16.6 Å². The van der Waals surface area contributed by atoms with Gasteiger partial charge in [-0.1, -0.05) is 23.7 Å². The lowest BCUT2D eigenvalue weighted by Crippen LogP contribution is -2.48. The van der Waals surface area contributed by atoms with Gasteiger partial charge in [-0.3, -0.25) is 14.7 Å². The fourth-order valence-electron chi connectivity index (χ4n) is 3.15. The number of hydrogen-bond acceptors (Lipinski definition) is 5. The van der Waals surface area contributed by atoms with E-state index in [0.29, 0.717) is 18.7 Å². The highest BCUT2D eigenvalue weighted by molar-refractivity contribution is 9.10. The second-order valence-corrected chi connectivity index (χ2v) is 8.82. The molecule has 144 valence electrons. The zero-order chi connectivity index (χ0) is 19.5. The lowest BCUT2D eigenvalue weighted by Gasteiger charge is -2.34. The summed E-state index contributed by atoms with van der Waals surface area (Å²) in [7, 11) is 0. The zero-order valence-corrected chi connectivity index (χ0v) is 18.2. The van der Waals surface area contributed by atoms with Crippen molar-refractivity contribution in [1.82, 2.24) is 19.8 Å². The quantitative estimate of drug-likeness (QED) is 0.552. The van der Waals surface area contributed by atoms with E-state index in [9.17, 15) is 4.79 Å². The van der Waals surface area contributed by atoms with Crippen LogP contribution < -0.4 is 0 Å². The Morgan fingerprint density at radius 1 is 1.14 bits per heavy atom. The number of amides is 1. The average Bonchev–Trinajstić information content (AvgIpc) is 3.17. The Balaban J connectivity index is 1.33. The monoisotopic (exact) mass is 476 g/mol. The van der Waals surface area contributed by atoms with Crippen LogP contribution in [0.5, 0.6) is 0 Å². The first-order valence-electron chi connectivity index (χ1n) is 8.91. The zero-order valence-electron chi connectivity index (χ0n) is 15.0. The Morgan fingerprint density at radius 3 is 2.61 bits per heavy atom. The van der Waals surface area contributed by atoms with Gasteiger partial charge in [-0.25, -0.2) is 4.98 Å². The second kappa shape index (κ2) is 8.69. The van der Waals surface area contributed by atoms with Crippen LogP contribution in [0.15, 0.2) is 52.6 Å². The van der Waals surface area contributed by atoms with E-state index < -0.39 is 0 Å². The molecule has 0 spiro atoms. The number of piperazine rings is 1. The van der Waals surface area contributed by atoms with Gasteiger partial charge in [0.15, 0.2) is 0 Å². The Hall–Kier alpha value is -1.80. The van der Waals surface area contributed by atoms with Gasteiger partial charge in [-0.15, -0.1) is 11.3 Å². The van der Waals surface area contributed by atoms with E-state index in [1.54, 1.807) is 23.7 Å². The Bertz CT molecular complexity index is 970. The van der Waals surface area contributed by atoms with Crippen molar-refractivity contribution in [3.8, 4) is 10.6 Å². The van der Waals surface area contributed by atoms with Crippen LogP contribution in [0.1, 0.15) is 16.1 Å². The molecule has 3 aromatic rings. The summed E-state index contributed by atoms with van der Waals surface area (Å²) in [5, 5.41) is 3.84. The number of rotatable bonds is 4. The first kappa shape index (κ1) is 19.5. The van der Waals surface area contributed by atoms with Crippen LogP contribution in [-0.4, -0.2) is 51.9 Å². The van der Waals surface area contributed by atoms with Gasteiger partial charge in [-0.05, 0) is 34.1 Å². The van der Waals surface area contributed by atoms with Crippen LogP contribution in [0.25, 0.3) is 10.6 Å². The van der Waals surface area contributed by atoms with E-state index >= 15 is 0 Å². The molecule has 0 N–H and O–H groups in total. The van der Waals surface area contributed by atoms with Crippen LogP contribution in [0, 0.1) is 0 Å². The molecule has 1 aliphatic rings. The number of carbonyl (C=O) groups excluding carboxylic acids is 1. The topological polar surface area (TPSA) is 49.3 Å². The summed E-state index contributed by atoms with van der Waals surface area (Å²) >= 11 is 11.0. The number of carbonyl (C=O) groups is 1. The molecule has 28 heavy (non-hydrogen) atoms. The third kappa shape index (κ3) is 4.60. The number of benzene rings is 1. The third-order valence-corrected chi connectivity index (χ3v) is 6.27. The molecule has 4 rings (SSSR count). The van der Waals surface area contributed by atoms with Crippen molar-refractivity contribution >= 4 is 44.8 Å². The van der Waals surface area contributed by atoms with Gasteiger partial charge in [0.05, 0.1) is 11.3 Å². The predicted molar refractivity (Wildman–Crippen MR) is 116 cm³/mol. The minimum Gasteiger partial charge on any atom is -0.336 e. The lowest BCUT2D eigenvalue weighted by molar-refractivity contribution is 0.0627. The molecule has 0 atom stereocenters. The molecule has 1 fully saturated rings. The highest BCUT2D eigenvalue weighted by Crippen LogP contribution is 2.26. The Morgan fingerprint density at radius 2 is 1.89 bits per heavy atom. The van der Waals surface area contributed by atoms with Crippen molar-refractivity contribution in [3.63, 3.8) is 0 Å². The van der Waals surface area contributed by atoms with Crippen molar-refractivity contribution in [1.29, 1.82) is 0 Å². The summed E-state index contributed by atoms with van der Waals surface area (Å²) in [6, 6.07) is 9.57. The van der Waals surface area contributed by atoms with Gasteiger partial charge in [0.2, 0.25) is 0 Å². The molecule has 0 aliphatic carbocycles. The van der Waals surface area contributed by atoms with E-state index in [2.05, 4.69) is 31.2 Å². The van der Waals surface area contributed by atoms with Crippen LogP contribution in [0.2, 0.25) is 5.02 Å². The summed E-state index contributed by atoms with van der Waals surface area (Å²) in [6.07, 6.45) is 3.30. The first-order chi connectivity index (χ1) is 13.6. The molecule has 5 nitrogen and oxygen atoms in total. The van der Waals surface area contributed by atoms with Gasteiger partial charge < -0.3 is 4.90 Å². The normalized spacial score (nSPS) is 15.0. The van der Waals surface area contributed by atoms with E-state index in [1.807, 2.05) is 35.2 Å². The van der Waals surface area contributed by atoms with Crippen molar-refractivity contribution in [2.45, 2.75) is 6.54 Å². The highest BCUT2D eigenvalue weighted by atomic mass is 79.9. The second-order valence-electron chi connectivity index (χ2n) is 6.61. The van der Waals surface area contributed by atoms with Gasteiger partial charge >= 0.3 is 0 Å². The Labute approximate surface area is 181 Å². The number of halogens is 2. The molecule has 1 amide bonds. The molecule has 8 heteroatoms. The standard InChI is InChI=1S/C20H18BrClN4OS/c21-16-9-15(10-23-11-16)20(27)26-7-5-25(6-8-26)12-18-13-28-19(24-18)14-1-3-17(22)4-2-14/h1-4,9-11,13H,5-8,12H2. The van der Waals surface area contributed by atoms with Crippen molar-refractivity contribution in [2.24, 2.45) is 0 Å². The minimum atomic E-state index is 0.0344. The lowest BCUT2D eigenvalue weighted by atomic mass is 10.2. The maximum Gasteiger partial charge on any atom is 0.255 e. The summed E-state index contributed by atoms with van der Waals surface area (Å²) < 4.78 is 0.817. The Kier molecular flexibility index (Phi) is 6.06. The van der Waals surface area contributed by atoms with Crippen molar-refractivity contribution < 1.29 is 4.79 Å². The molecule has 0 bridgehead atoms. The van der Waals surface area contributed by atoms with Crippen LogP contribution in [-0.2, 0) is 6.54 Å². The first-order valence-corrected chi connectivity index (χ1v) is 11.0. The third-order valence-electron chi connectivity index (χ3n) is 4.64. The molecule has 1 saturated heterocycles. The number of hydrogen-bond donors (Lipinski definition) is 0. The molecule has 2 aromatic heterocycles. The van der Waals surface area contributed by atoms with Crippen molar-refractivity contribution in [2.75, 3.05) is 26.2 Å². The summed E-state index contributed by atoms with van der Waals surface area (Å²) in [4.78, 5) is 25.7. The smallest absolute Gasteiger partial charge is 0.255 e. The van der Waals surface area contributed by atoms with Gasteiger partial charge in [0.1, 0.15) is 5.01 Å².